The first-order valence-electron chi connectivity index (χ1n) is 13.9. The largest absolute Gasteiger partial charge is 0.369 e. The molecule has 10 heteroatoms. The maximum absolute atomic E-state index is 15.2. The van der Waals surface area contributed by atoms with E-state index < -0.39 is 5.41 Å². The van der Waals surface area contributed by atoms with Gasteiger partial charge in [0.15, 0.2) is 0 Å². The molecule has 2 aromatic rings. The number of piperazine rings is 1. The molecule has 38 heavy (non-hydrogen) atoms. The summed E-state index contributed by atoms with van der Waals surface area (Å²) in [4.78, 5) is 42.2. The summed E-state index contributed by atoms with van der Waals surface area (Å²) in [5, 5.41) is 5.88. The summed E-state index contributed by atoms with van der Waals surface area (Å²) >= 11 is 0. The standard InChI is InChI=1S/C28H36FN7O2/c1-18(2)34-11-13-35(14-12-34)21-7-8-23(22(29)15-21)32-27-31-17-19-16-28(9-10-30-25(28)37)26(38)36(24(19)33-27)20-5-3-4-6-20/h7-8,15,17-18,20H,3-6,9-14,16H2,1-2H3,(H,30,37)(H,31,32,33)/t28-/m1/s1. The summed E-state index contributed by atoms with van der Waals surface area (Å²) in [5.74, 6) is 0.0459. The first-order chi connectivity index (χ1) is 18.4. The third kappa shape index (κ3) is 4.28. The molecule has 1 spiro atoms. The Morgan fingerprint density at radius 1 is 1.13 bits per heavy atom. The molecule has 2 amide bonds. The van der Waals surface area contributed by atoms with Crippen LogP contribution in [0.15, 0.2) is 24.4 Å². The number of rotatable bonds is 5. The molecule has 4 aliphatic rings. The molecule has 6 rings (SSSR count). The van der Waals surface area contributed by atoms with Crippen molar-refractivity contribution in [2.75, 3.05) is 47.8 Å². The maximum Gasteiger partial charge on any atom is 0.244 e. The summed E-state index contributed by atoms with van der Waals surface area (Å²) in [6.07, 6.45) is 6.33. The number of aromatic nitrogens is 2. The maximum atomic E-state index is 15.2. The van der Waals surface area contributed by atoms with Crippen LogP contribution < -0.4 is 20.4 Å². The molecule has 3 fully saturated rings. The van der Waals surface area contributed by atoms with Gasteiger partial charge >= 0.3 is 0 Å². The summed E-state index contributed by atoms with van der Waals surface area (Å²) in [7, 11) is 0. The lowest BCUT2D eigenvalue weighted by Crippen LogP contribution is -2.56. The molecule has 0 unspecified atom stereocenters. The SMILES string of the molecule is CC(C)N1CCN(c2ccc(Nc3ncc4c(n3)N(C3CCCC3)C(=O)[C@]3(CCNC3=O)C4)c(F)c2)CC1. The summed E-state index contributed by atoms with van der Waals surface area (Å²) < 4.78 is 15.2. The summed E-state index contributed by atoms with van der Waals surface area (Å²) in [5.41, 5.74) is 0.864. The quantitative estimate of drug-likeness (QED) is 0.584. The lowest BCUT2D eigenvalue weighted by molar-refractivity contribution is -0.140. The molecule has 1 atom stereocenters. The van der Waals surface area contributed by atoms with Crippen LogP contribution in [0.25, 0.3) is 0 Å². The molecule has 4 heterocycles. The van der Waals surface area contributed by atoms with Crippen molar-refractivity contribution >= 4 is 35.0 Å². The van der Waals surface area contributed by atoms with E-state index >= 15 is 4.39 Å². The molecule has 1 aromatic heterocycles. The van der Waals surface area contributed by atoms with Crippen LogP contribution in [0.2, 0.25) is 0 Å². The van der Waals surface area contributed by atoms with Crippen LogP contribution in [0.5, 0.6) is 0 Å². The zero-order valence-electron chi connectivity index (χ0n) is 22.2. The number of fused-ring (bicyclic) bond motifs is 1. The second kappa shape index (κ2) is 9.80. The van der Waals surface area contributed by atoms with Gasteiger partial charge in [-0.25, -0.2) is 9.37 Å². The summed E-state index contributed by atoms with van der Waals surface area (Å²) in [6.45, 7) is 8.55. The third-order valence-corrected chi connectivity index (χ3v) is 8.76. The highest BCUT2D eigenvalue weighted by molar-refractivity contribution is 6.14. The van der Waals surface area contributed by atoms with E-state index in [9.17, 15) is 9.59 Å². The molecule has 2 saturated heterocycles. The van der Waals surface area contributed by atoms with Crippen LogP contribution in [0.4, 0.5) is 27.5 Å². The number of anilines is 4. The van der Waals surface area contributed by atoms with Crippen molar-refractivity contribution in [1.29, 1.82) is 0 Å². The van der Waals surface area contributed by atoms with Crippen LogP contribution >= 0.6 is 0 Å². The van der Waals surface area contributed by atoms with Gasteiger partial charge in [-0.2, -0.15) is 4.98 Å². The van der Waals surface area contributed by atoms with Crippen LogP contribution in [0.3, 0.4) is 0 Å². The van der Waals surface area contributed by atoms with E-state index in [1.165, 1.54) is 0 Å². The molecule has 2 N–H and O–H groups in total. The van der Waals surface area contributed by atoms with Crippen molar-refractivity contribution in [3.63, 3.8) is 0 Å². The number of carbonyl (C=O) groups excluding carboxylic acids is 2. The van der Waals surface area contributed by atoms with Gasteiger partial charge in [0.25, 0.3) is 0 Å². The van der Waals surface area contributed by atoms with E-state index in [-0.39, 0.29) is 35.3 Å². The van der Waals surface area contributed by atoms with Crippen LogP contribution in [0.1, 0.15) is 51.5 Å². The van der Waals surface area contributed by atoms with E-state index in [1.54, 1.807) is 23.2 Å². The number of nitrogens with one attached hydrogen (secondary N) is 2. The van der Waals surface area contributed by atoms with Gasteiger partial charge in [-0.3, -0.25) is 19.4 Å². The van der Waals surface area contributed by atoms with Gasteiger partial charge in [-0.15, -0.1) is 0 Å². The average Bonchev–Trinajstić information content (AvgIpc) is 3.57. The number of carbonyl (C=O) groups is 2. The number of amides is 2. The van der Waals surface area contributed by atoms with Crippen molar-refractivity contribution in [3.05, 3.63) is 35.8 Å². The second-order valence-corrected chi connectivity index (χ2v) is 11.3. The number of hydrogen-bond donors (Lipinski definition) is 2. The highest BCUT2D eigenvalue weighted by Gasteiger charge is 2.56. The predicted octanol–water partition coefficient (Wildman–Crippen LogP) is 3.23. The first kappa shape index (κ1) is 25.0. The molecule has 202 valence electrons. The Hall–Kier alpha value is -3.27. The van der Waals surface area contributed by atoms with Crippen molar-refractivity contribution in [3.8, 4) is 0 Å². The van der Waals surface area contributed by atoms with Crippen molar-refractivity contribution < 1.29 is 14.0 Å². The van der Waals surface area contributed by atoms with Gasteiger partial charge in [0, 0.05) is 68.7 Å². The fraction of sp³-hybridized carbons (Fsp3) is 0.571. The van der Waals surface area contributed by atoms with Gasteiger partial charge in [-0.1, -0.05) is 12.8 Å². The molecule has 0 radical (unpaired) electrons. The van der Waals surface area contributed by atoms with Crippen LogP contribution in [0, 0.1) is 11.2 Å². The fourth-order valence-electron chi connectivity index (χ4n) is 6.48. The first-order valence-corrected chi connectivity index (χ1v) is 13.9. The van der Waals surface area contributed by atoms with E-state index in [2.05, 4.69) is 39.3 Å². The molecular formula is C28H36FN7O2. The molecule has 1 aromatic carbocycles. The van der Waals surface area contributed by atoms with Gasteiger partial charge in [-0.05, 0) is 51.3 Å². The minimum Gasteiger partial charge on any atom is -0.369 e. The Morgan fingerprint density at radius 3 is 2.55 bits per heavy atom. The Kier molecular flexibility index (Phi) is 6.45. The van der Waals surface area contributed by atoms with Gasteiger partial charge in [0.1, 0.15) is 17.1 Å². The van der Waals surface area contributed by atoms with E-state index in [1.807, 2.05) is 6.07 Å². The monoisotopic (exact) mass is 521 g/mol. The Morgan fingerprint density at radius 2 is 1.89 bits per heavy atom. The van der Waals surface area contributed by atoms with Crippen molar-refractivity contribution in [2.24, 2.45) is 5.41 Å². The Bertz CT molecular complexity index is 1240. The van der Waals surface area contributed by atoms with E-state index in [0.29, 0.717) is 31.2 Å². The van der Waals surface area contributed by atoms with E-state index in [4.69, 9.17) is 4.98 Å². The number of nitrogens with zero attached hydrogens (tertiary/aromatic N) is 5. The van der Waals surface area contributed by atoms with Crippen LogP contribution in [-0.2, 0) is 16.0 Å². The number of benzene rings is 1. The van der Waals surface area contributed by atoms with Gasteiger partial charge in [0.05, 0.1) is 5.69 Å². The van der Waals surface area contributed by atoms with Gasteiger partial charge < -0.3 is 15.5 Å². The average molecular weight is 522 g/mol. The lowest BCUT2D eigenvalue weighted by Gasteiger charge is -2.40. The smallest absolute Gasteiger partial charge is 0.244 e. The Labute approximate surface area is 222 Å². The topological polar surface area (TPSA) is 93.7 Å². The molecule has 3 aliphatic heterocycles. The minimum absolute atomic E-state index is 0.0155. The normalized spacial score (nSPS) is 24.4. The molecular weight excluding hydrogens is 485 g/mol. The lowest BCUT2D eigenvalue weighted by atomic mass is 9.76. The molecule has 1 saturated carbocycles. The van der Waals surface area contributed by atoms with Crippen molar-refractivity contribution in [1.82, 2.24) is 20.2 Å². The number of hydrogen-bond acceptors (Lipinski definition) is 7. The summed E-state index contributed by atoms with van der Waals surface area (Å²) in [6, 6.07) is 5.73. The molecule has 0 bridgehead atoms. The highest BCUT2D eigenvalue weighted by atomic mass is 19.1. The van der Waals surface area contributed by atoms with Gasteiger partial charge in [0.2, 0.25) is 17.8 Å². The van der Waals surface area contributed by atoms with Crippen LogP contribution in [-0.4, -0.2) is 71.5 Å². The third-order valence-electron chi connectivity index (χ3n) is 8.76. The molecule has 9 nitrogen and oxygen atoms in total. The fourth-order valence-corrected chi connectivity index (χ4v) is 6.48. The Balaban J connectivity index is 1.24. The molecule has 1 aliphatic carbocycles. The predicted molar refractivity (Wildman–Crippen MR) is 144 cm³/mol. The van der Waals surface area contributed by atoms with E-state index in [0.717, 1.165) is 63.1 Å². The van der Waals surface area contributed by atoms with Crippen molar-refractivity contribution in [2.45, 2.75) is 64.5 Å². The zero-order chi connectivity index (χ0) is 26.4. The minimum atomic E-state index is -1.07. The second-order valence-electron chi connectivity index (χ2n) is 11.3. The number of halogens is 1. The highest BCUT2D eigenvalue weighted by Crippen LogP contribution is 2.44. The zero-order valence-corrected chi connectivity index (χ0v) is 22.2.